The summed E-state index contributed by atoms with van der Waals surface area (Å²) >= 11 is 0. The lowest BCUT2D eigenvalue weighted by Crippen LogP contribution is -2.58. The zero-order chi connectivity index (χ0) is 18.0. The van der Waals surface area contributed by atoms with E-state index in [1.807, 2.05) is 0 Å². The number of imide groups is 1. The maximum atomic E-state index is 12.4. The molecule has 1 N–H and O–H groups in total. The quantitative estimate of drug-likeness (QED) is 0.785. The van der Waals surface area contributed by atoms with E-state index in [9.17, 15) is 19.2 Å². The summed E-state index contributed by atoms with van der Waals surface area (Å²) in [6.45, 7) is 9.94. The van der Waals surface area contributed by atoms with Crippen molar-refractivity contribution in [1.29, 1.82) is 0 Å². The van der Waals surface area contributed by atoms with E-state index in [1.54, 1.807) is 34.6 Å². The molecule has 1 aliphatic heterocycles. The van der Waals surface area contributed by atoms with Gasteiger partial charge in [-0.05, 0) is 33.6 Å². The Morgan fingerprint density at radius 1 is 1.09 bits per heavy atom. The Morgan fingerprint density at radius 3 is 1.96 bits per heavy atom. The zero-order valence-corrected chi connectivity index (χ0v) is 14.4. The van der Waals surface area contributed by atoms with Gasteiger partial charge in [-0.1, -0.05) is 13.8 Å². The van der Waals surface area contributed by atoms with Crippen LogP contribution in [0.3, 0.4) is 0 Å². The number of rotatable bonds is 4. The predicted octanol–water partition coefficient (Wildman–Crippen LogP) is 1.53. The largest absolute Gasteiger partial charge is 0.444 e. The first-order valence-electron chi connectivity index (χ1n) is 7.46. The molecule has 0 radical (unpaired) electrons. The van der Waals surface area contributed by atoms with Crippen LogP contribution < -0.4 is 5.32 Å². The van der Waals surface area contributed by atoms with Crippen molar-refractivity contribution < 1.29 is 28.8 Å². The van der Waals surface area contributed by atoms with Crippen molar-refractivity contribution in [1.82, 2.24) is 10.4 Å². The van der Waals surface area contributed by atoms with Crippen LogP contribution in [-0.4, -0.2) is 40.1 Å². The number of alkyl carbamates (subject to hydrolysis) is 1. The van der Waals surface area contributed by atoms with E-state index in [0.29, 0.717) is 5.06 Å². The maximum Gasteiger partial charge on any atom is 0.408 e. The molecule has 8 heteroatoms. The summed E-state index contributed by atoms with van der Waals surface area (Å²) in [6, 6.07) is 0. The monoisotopic (exact) mass is 328 g/mol. The molecule has 1 fully saturated rings. The minimum atomic E-state index is -1.45. The number of nitrogens with one attached hydrogen (secondary N) is 1. The van der Waals surface area contributed by atoms with Gasteiger partial charge in [-0.15, -0.1) is 5.06 Å². The topological polar surface area (TPSA) is 102 Å². The molecule has 1 unspecified atom stereocenters. The first-order chi connectivity index (χ1) is 10.4. The fourth-order valence-electron chi connectivity index (χ4n) is 1.78. The summed E-state index contributed by atoms with van der Waals surface area (Å²) in [6.07, 6.45) is -0.779. The fraction of sp³-hybridized carbons (Fsp3) is 0.733. The van der Waals surface area contributed by atoms with Gasteiger partial charge in [0.2, 0.25) is 0 Å². The highest BCUT2D eigenvalue weighted by Gasteiger charge is 2.44. The van der Waals surface area contributed by atoms with Crippen LogP contribution >= 0.6 is 0 Å². The van der Waals surface area contributed by atoms with Crippen molar-refractivity contribution in [2.24, 2.45) is 5.92 Å². The lowest BCUT2D eigenvalue weighted by molar-refractivity contribution is -0.203. The highest BCUT2D eigenvalue weighted by Crippen LogP contribution is 2.22. The van der Waals surface area contributed by atoms with E-state index < -0.39 is 35.0 Å². The molecule has 1 heterocycles. The third-order valence-electron chi connectivity index (χ3n) is 3.52. The van der Waals surface area contributed by atoms with E-state index in [4.69, 9.17) is 9.57 Å². The Bertz CT molecular complexity index is 507. The van der Waals surface area contributed by atoms with Gasteiger partial charge in [-0.2, -0.15) is 0 Å². The van der Waals surface area contributed by atoms with Crippen LogP contribution in [0.5, 0.6) is 0 Å². The van der Waals surface area contributed by atoms with Crippen LogP contribution in [0.4, 0.5) is 4.79 Å². The van der Waals surface area contributed by atoms with Crippen molar-refractivity contribution in [3.8, 4) is 0 Å². The van der Waals surface area contributed by atoms with E-state index in [-0.39, 0.29) is 18.8 Å². The molecule has 23 heavy (non-hydrogen) atoms. The molecule has 0 aromatic heterocycles. The fourth-order valence-corrected chi connectivity index (χ4v) is 1.78. The van der Waals surface area contributed by atoms with Gasteiger partial charge in [0, 0.05) is 12.8 Å². The molecule has 1 rings (SSSR count). The standard InChI is InChI=1S/C15H24N2O6/c1-9(2)15(6,16-13(21)22-14(3,4)5)12(20)23-17-10(18)7-8-11(17)19/h9H,7-8H2,1-6H3,(H,16,21). The molecule has 8 nitrogen and oxygen atoms in total. The maximum absolute atomic E-state index is 12.4. The van der Waals surface area contributed by atoms with Crippen molar-refractivity contribution in [3.05, 3.63) is 0 Å². The van der Waals surface area contributed by atoms with E-state index in [1.165, 1.54) is 6.92 Å². The Kier molecular flexibility index (Phi) is 5.39. The second kappa shape index (κ2) is 6.55. The third kappa shape index (κ3) is 4.67. The first-order valence-corrected chi connectivity index (χ1v) is 7.46. The second-order valence-electron chi connectivity index (χ2n) is 6.94. The second-order valence-corrected chi connectivity index (χ2v) is 6.94. The summed E-state index contributed by atoms with van der Waals surface area (Å²) in [5.41, 5.74) is -2.18. The van der Waals surface area contributed by atoms with Gasteiger partial charge < -0.3 is 14.9 Å². The van der Waals surface area contributed by atoms with E-state index in [2.05, 4.69) is 5.32 Å². The molecule has 0 aliphatic carbocycles. The van der Waals surface area contributed by atoms with Gasteiger partial charge in [0.1, 0.15) is 11.1 Å². The molecule has 1 saturated heterocycles. The lowest BCUT2D eigenvalue weighted by Gasteiger charge is -2.33. The van der Waals surface area contributed by atoms with Gasteiger partial charge in [-0.3, -0.25) is 9.59 Å². The first kappa shape index (κ1) is 18.9. The molecule has 3 amide bonds. The van der Waals surface area contributed by atoms with Crippen LogP contribution in [0.15, 0.2) is 0 Å². The SMILES string of the molecule is CC(C)C(C)(NC(=O)OC(C)(C)C)C(=O)ON1C(=O)CCC1=O. The lowest BCUT2D eigenvalue weighted by atomic mass is 9.89. The average Bonchev–Trinajstić information content (AvgIpc) is 2.67. The van der Waals surface area contributed by atoms with Gasteiger partial charge in [0.05, 0.1) is 0 Å². The number of hydroxylamine groups is 2. The predicted molar refractivity (Wildman–Crippen MR) is 79.8 cm³/mol. The number of carbonyl (C=O) groups excluding carboxylic acids is 4. The van der Waals surface area contributed by atoms with E-state index >= 15 is 0 Å². The summed E-state index contributed by atoms with van der Waals surface area (Å²) in [5, 5.41) is 2.93. The number of nitrogens with zero attached hydrogens (tertiary/aromatic N) is 1. The summed E-state index contributed by atoms with van der Waals surface area (Å²) in [5.74, 6) is -2.42. The summed E-state index contributed by atoms with van der Waals surface area (Å²) < 4.78 is 5.14. The molecule has 0 bridgehead atoms. The molecule has 0 spiro atoms. The highest BCUT2D eigenvalue weighted by molar-refractivity contribution is 6.02. The number of ether oxygens (including phenoxy) is 1. The van der Waals surface area contributed by atoms with Crippen molar-refractivity contribution in [2.75, 3.05) is 0 Å². The average molecular weight is 328 g/mol. The minimum Gasteiger partial charge on any atom is -0.444 e. The Balaban J connectivity index is 2.87. The summed E-state index contributed by atoms with van der Waals surface area (Å²) in [4.78, 5) is 52.4. The number of hydrogen-bond donors (Lipinski definition) is 1. The number of carbonyl (C=O) groups is 4. The molecular weight excluding hydrogens is 304 g/mol. The van der Waals surface area contributed by atoms with Crippen LogP contribution in [0, 0.1) is 5.92 Å². The van der Waals surface area contributed by atoms with Gasteiger partial charge in [0.25, 0.3) is 11.8 Å². The van der Waals surface area contributed by atoms with Crippen LogP contribution in [0.2, 0.25) is 0 Å². The highest BCUT2D eigenvalue weighted by atomic mass is 16.7. The third-order valence-corrected chi connectivity index (χ3v) is 3.52. The van der Waals surface area contributed by atoms with Crippen LogP contribution in [0.1, 0.15) is 54.4 Å². The zero-order valence-electron chi connectivity index (χ0n) is 14.4. The Hall–Kier alpha value is -2.12. The molecule has 0 aromatic rings. The van der Waals surface area contributed by atoms with Gasteiger partial charge >= 0.3 is 12.1 Å². The van der Waals surface area contributed by atoms with Gasteiger partial charge in [-0.25, -0.2) is 9.59 Å². The Labute approximate surface area is 135 Å². The van der Waals surface area contributed by atoms with Crippen LogP contribution in [0.25, 0.3) is 0 Å². The van der Waals surface area contributed by atoms with Gasteiger partial charge in [0.15, 0.2) is 0 Å². The van der Waals surface area contributed by atoms with Crippen LogP contribution in [-0.2, 0) is 24.0 Å². The minimum absolute atomic E-state index is 0.00397. The molecule has 130 valence electrons. The Morgan fingerprint density at radius 2 is 1.57 bits per heavy atom. The van der Waals surface area contributed by atoms with Crippen molar-refractivity contribution in [2.45, 2.75) is 65.5 Å². The van der Waals surface area contributed by atoms with Crippen molar-refractivity contribution >= 4 is 23.9 Å². The number of amides is 3. The molecular formula is C15H24N2O6. The smallest absolute Gasteiger partial charge is 0.408 e. The normalized spacial score (nSPS) is 18.0. The number of hydrogen-bond acceptors (Lipinski definition) is 6. The van der Waals surface area contributed by atoms with E-state index in [0.717, 1.165) is 0 Å². The summed E-state index contributed by atoms with van der Waals surface area (Å²) in [7, 11) is 0. The van der Waals surface area contributed by atoms with Crippen molar-refractivity contribution in [3.63, 3.8) is 0 Å². The molecule has 1 atom stereocenters. The molecule has 0 saturated carbocycles. The molecule has 1 aliphatic rings. The molecule has 0 aromatic carbocycles.